The van der Waals surface area contributed by atoms with E-state index in [1.165, 1.54) is 0 Å². The van der Waals surface area contributed by atoms with Gasteiger partial charge in [-0.3, -0.25) is 4.79 Å². The number of methoxy groups -OCH3 is 1. The van der Waals surface area contributed by atoms with Gasteiger partial charge >= 0.3 is 0 Å². The van der Waals surface area contributed by atoms with E-state index >= 15 is 0 Å². The number of hydrogen-bond acceptors (Lipinski definition) is 3. The number of carbonyl (C=O) groups is 1. The molecule has 0 fully saturated rings. The Morgan fingerprint density at radius 3 is 2.73 bits per heavy atom. The number of rotatable bonds is 7. The van der Waals surface area contributed by atoms with Crippen LogP contribution in [-0.2, 0) is 4.79 Å². The van der Waals surface area contributed by atoms with E-state index in [1.54, 1.807) is 13.3 Å². The highest BCUT2D eigenvalue weighted by atomic mass is 16.5. The summed E-state index contributed by atoms with van der Waals surface area (Å²) in [5.41, 5.74) is 3.52. The third-order valence-corrected chi connectivity index (χ3v) is 3.48. The van der Waals surface area contributed by atoms with Crippen molar-refractivity contribution in [2.24, 2.45) is 5.10 Å². The van der Waals surface area contributed by atoms with E-state index < -0.39 is 0 Å². The molecule has 116 valence electrons. The monoisotopic (exact) mass is 298 g/mol. The van der Waals surface area contributed by atoms with Gasteiger partial charge in [-0.05, 0) is 41.0 Å². The number of hydrazone groups is 1. The smallest absolute Gasteiger partial charge is 0.240 e. The van der Waals surface area contributed by atoms with Crippen LogP contribution >= 0.6 is 0 Å². The molecule has 0 aromatic heterocycles. The van der Waals surface area contributed by atoms with Gasteiger partial charge in [0, 0.05) is 6.42 Å². The zero-order valence-electron chi connectivity index (χ0n) is 13.1. The van der Waals surface area contributed by atoms with Gasteiger partial charge in [-0.15, -0.1) is 0 Å². The standard InChI is InChI=1S/C18H22N2O2/c1-3-4-5-6-18(21)20-19-13-14-7-8-16-12-17(22-2)10-9-15(16)11-14/h7-13H,3-6H2,1-2H3,(H,20,21). The lowest BCUT2D eigenvalue weighted by Crippen LogP contribution is -2.16. The Hall–Kier alpha value is -2.36. The van der Waals surface area contributed by atoms with Crippen LogP contribution in [0.2, 0.25) is 0 Å². The molecule has 2 rings (SSSR count). The molecule has 0 saturated carbocycles. The van der Waals surface area contributed by atoms with Gasteiger partial charge in [-0.25, -0.2) is 5.43 Å². The van der Waals surface area contributed by atoms with Crippen molar-refractivity contribution in [1.82, 2.24) is 5.43 Å². The topological polar surface area (TPSA) is 50.7 Å². The summed E-state index contributed by atoms with van der Waals surface area (Å²) in [7, 11) is 1.66. The van der Waals surface area contributed by atoms with Crippen molar-refractivity contribution in [1.29, 1.82) is 0 Å². The molecule has 0 bridgehead atoms. The predicted octanol–water partition coefficient (Wildman–Crippen LogP) is 3.88. The van der Waals surface area contributed by atoms with Crippen molar-refractivity contribution in [3.63, 3.8) is 0 Å². The fourth-order valence-electron chi connectivity index (χ4n) is 2.22. The summed E-state index contributed by atoms with van der Waals surface area (Å²) in [4.78, 5) is 11.6. The SMILES string of the molecule is CCCCCC(=O)NN=Cc1ccc2cc(OC)ccc2c1. The fourth-order valence-corrected chi connectivity index (χ4v) is 2.22. The third kappa shape index (κ3) is 4.58. The van der Waals surface area contributed by atoms with Crippen molar-refractivity contribution in [2.75, 3.05) is 7.11 Å². The van der Waals surface area contributed by atoms with Gasteiger partial charge in [0.2, 0.25) is 5.91 Å². The summed E-state index contributed by atoms with van der Waals surface area (Å²) in [5.74, 6) is 0.809. The summed E-state index contributed by atoms with van der Waals surface area (Å²) in [6, 6.07) is 11.9. The number of nitrogens with one attached hydrogen (secondary N) is 1. The molecule has 1 N–H and O–H groups in total. The lowest BCUT2D eigenvalue weighted by Gasteiger charge is -2.03. The molecule has 0 aliphatic carbocycles. The number of nitrogens with zero attached hydrogens (tertiary/aromatic N) is 1. The number of unbranched alkanes of at least 4 members (excludes halogenated alkanes) is 2. The molecule has 0 aliphatic heterocycles. The highest BCUT2D eigenvalue weighted by Gasteiger charge is 1.99. The first kappa shape index (κ1) is 16.0. The molecule has 0 unspecified atom stereocenters. The molecule has 0 heterocycles. The molecule has 0 spiro atoms. The first-order valence-corrected chi connectivity index (χ1v) is 7.62. The zero-order chi connectivity index (χ0) is 15.8. The van der Waals surface area contributed by atoms with Crippen LogP contribution in [0.5, 0.6) is 5.75 Å². The van der Waals surface area contributed by atoms with E-state index in [-0.39, 0.29) is 5.91 Å². The Labute approximate surface area is 131 Å². The molecular formula is C18H22N2O2. The van der Waals surface area contributed by atoms with Crippen molar-refractivity contribution >= 4 is 22.9 Å². The Bertz CT molecular complexity index is 665. The van der Waals surface area contributed by atoms with Gasteiger partial charge in [0.1, 0.15) is 5.75 Å². The van der Waals surface area contributed by atoms with E-state index in [0.29, 0.717) is 6.42 Å². The number of benzene rings is 2. The quantitative estimate of drug-likeness (QED) is 0.479. The molecule has 2 aromatic rings. The number of fused-ring (bicyclic) bond motifs is 1. The highest BCUT2D eigenvalue weighted by molar-refractivity contribution is 5.91. The molecule has 0 aliphatic rings. The number of hydrogen-bond donors (Lipinski definition) is 1. The number of carbonyl (C=O) groups excluding carboxylic acids is 1. The summed E-state index contributed by atoms with van der Waals surface area (Å²) in [5, 5.41) is 6.23. The molecule has 22 heavy (non-hydrogen) atoms. The Morgan fingerprint density at radius 1 is 1.18 bits per heavy atom. The second-order valence-electron chi connectivity index (χ2n) is 5.22. The maximum absolute atomic E-state index is 11.6. The van der Waals surface area contributed by atoms with Crippen molar-refractivity contribution in [3.05, 3.63) is 42.0 Å². The lowest BCUT2D eigenvalue weighted by atomic mass is 10.1. The number of ether oxygens (including phenoxy) is 1. The van der Waals surface area contributed by atoms with Crippen LogP contribution in [0.15, 0.2) is 41.5 Å². The first-order valence-electron chi connectivity index (χ1n) is 7.62. The van der Waals surface area contributed by atoms with Gasteiger partial charge in [0.25, 0.3) is 0 Å². The average molecular weight is 298 g/mol. The van der Waals surface area contributed by atoms with Gasteiger partial charge in [-0.1, -0.05) is 38.0 Å². The molecule has 1 amide bonds. The minimum Gasteiger partial charge on any atom is -0.497 e. The molecule has 0 saturated heterocycles. The largest absolute Gasteiger partial charge is 0.497 e. The molecular weight excluding hydrogens is 276 g/mol. The van der Waals surface area contributed by atoms with Crippen molar-refractivity contribution in [3.8, 4) is 5.75 Å². The Balaban J connectivity index is 1.96. The Kier molecular flexibility index (Phi) is 5.95. The Morgan fingerprint density at radius 2 is 1.95 bits per heavy atom. The zero-order valence-corrected chi connectivity index (χ0v) is 13.1. The molecule has 4 heteroatoms. The summed E-state index contributed by atoms with van der Waals surface area (Å²) in [6.07, 6.45) is 5.30. The van der Waals surface area contributed by atoms with Gasteiger partial charge < -0.3 is 4.74 Å². The van der Waals surface area contributed by atoms with Crippen molar-refractivity contribution in [2.45, 2.75) is 32.6 Å². The molecule has 0 atom stereocenters. The maximum atomic E-state index is 11.6. The first-order chi connectivity index (χ1) is 10.7. The van der Waals surface area contributed by atoms with Crippen LogP contribution in [0.1, 0.15) is 38.2 Å². The van der Waals surface area contributed by atoms with Gasteiger partial charge in [0.15, 0.2) is 0 Å². The van der Waals surface area contributed by atoms with Crippen LogP contribution in [0, 0.1) is 0 Å². The molecule has 2 aromatic carbocycles. The lowest BCUT2D eigenvalue weighted by molar-refractivity contribution is -0.121. The van der Waals surface area contributed by atoms with Crippen LogP contribution in [0.4, 0.5) is 0 Å². The minimum atomic E-state index is -0.0322. The fraction of sp³-hybridized carbons (Fsp3) is 0.333. The van der Waals surface area contributed by atoms with Crippen LogP contribution < -0.4 is 10.2 Å². The summed E-state index contributed by atoms with van der Waals surface area (Å²) in [6.45, 7) is 2.12. The van der Waals surface area contributed by atoms with E-state index in [9.17, 15) is 4.79 Å². The normalized spacial score (nSPS) is 11.0. The van der Waals surface area contributed by atoms with Crippen LogP contribution in [0.3, 0.4) is 0 Å². The predicted molar refractivity (Wildman–Crippen MR) is 90.4 cm³/mol. The minimum absolute atomic E-state index is 0.0322. The average Bonchev–Trinajstić information content (AvgIpc) is 2.54. The molecule has 4 nitrogen and oxygen atoms in total. The highest BCUT2D eigenvalue weighted by Crippen LogP contribution is 2.21. The molecule has 0 radical (unpaired) electrons. The summed E-state index contributed by atoms with van der Waals surface area (Å²) < 4.78 is 5.21. The second-order valence-corrected chi connectivity index (χ2v) is 5.22. The number of amides is 1. The van der Waals surface area contributed by atoms with Crippen LogP contribution in [0.25, 0.3) is 10.8 Å². The maximum Gasteiger partial charge on any atom is 0.240 e. The third-order valence-electron chi connectivity index (χ3n) is 3.48. The van der Waals surface area contributed by atoms with E-state index in [0.717, 1.165) is 41.3 Å². The van der Waals surface area contributed by atoms with E-state index in [2.05, 4.69) is 17.5 Å². The van der Waals surface area contributed by atoms with E-state index in [4.69, 9.17) is 4.74 Å². The second kappa shape index (κ2) is 8.17. The van der Waals surface area contributed by atoms with Crippen molar-refractivity contribution < 1.29 is 9.53 Å². The van der Waals surface area contributed by atoms with E-state index in [1.807, 2.05) is 36.4 Å². The van der Waals surface area contributed by atoms with Gasteiger partial charge in [-0.2, -0.15) is 5.10 Å². The van der Waals surface area contributed by atoms with Gasteiger partial charge in [0.05, 0.1) is 13.3 Å². The van der Waals surface area contributed by atoms with Crippen LogP contribution in [-0.4, -0.2) is 19.2 Å². The summed E-state index contributed by atoms with van der Waals surface area (Å²) >= 11 is 0.